The molecule has 2 rings (SSSR count). The molecule has 0 heterocycles. The molecule has 0 aliphatic carbocycles. The lowest BCUT2D eigenvalue weighted by molar-refractivity contribution is -0.274. The second kappa shape index (κ2) is 6.74. The molecule has 0 atom stereocenters. The molecule has 2 N–H and O–H groups in total. The summed E-state index contributed by atoms with van der Waals surface area (Å²) in [5.74, 6) is -1.13. The van der Waals surface area contributed by atoms with Crippen LogP contribution in [0.5, 0.6) is 5.75 Å². The predicted octanol–water partition coefficient (Wildman–Crippen LogP) is 5.02. The van der Waals surface area contributed by atoms with Crippen LogP contribution in [-0.4, -0.2) is 12.4 Å². The number of carbonyl (C=O) groups is 1. The van der Waals surface area contributed by atoms with Crippen molar-refractivity contribution in [3.05, 3.63) is 53.3 Å². The van der Waals surface area contributed by atoms with Gasteiger partial charge in [-0.1, -0.05) is 17.7 Å². The van der Waals surface area contributed by atoms with Gasteiger partial charge in [-0.3, -0.25) is 0 Å². The molecule has 23 heavy (non-hydrogen) atoms. The highest BCUT2D eigenvalue weighted by Gasteiger charge is 2.31. The van der Waals surface area contributed by atoms with Crippen LogP contribution in [0.4, 0.5) is 33.7 Å². The van der Waals surface area contributed by atoms with Crippen molar-refractivity contribution in [2.24, 2.45) is 0 Å². The van der Waals surface area contributed by atoms with Crippen molar-refractivity contribution in [1.29, 1.82) is 0 Å². The molecule has 0 unspecified atom stereocenters. The summed E-state index contributed by atoms with van der Waals surface area (Å²) in [6.45, 7) is 0. The van der Waals surface area contributed by atoms with Crippen LogP contribution < -0.4 is 15.4 Å². The van der Waals surface area contributed by atoms with Crippen molar-refractivity contribution in [3.8, 4) is 5.75 Å². The number of nitrogens with one attached hydrogen (secondary N) is 2. The fourth-order valence-electron chi connectivity index (χ4n) is 1.69. The molecular formula is C14H9ClF4N2O2. The standard InChI is InChI=1S/C14H9ClF4N2O2/c15-8-4-11(7-12(5-8)23-14(17,18)19)21-13(22)20-10-3-1-2-9(16)6-10/h1-7H,(H2,20,21,22). The minimum absolute atomic E-state index is 0.0225. The van der Waals surface area contributed by atoms with Crippen LogP contribution in [0.3, 0.4) is 0 Å². The van der Waals surface area contributed by atoms with Crippen LogP contribution in [0.15, 0.2) is 42.5 Å². The summed E-state index contributed by atoms with van der Waals surface area (Å²) in [6.07, 6.45) is -4.88. The summed E-state index contributed by atoms with van der Waals surface area (Å²) in [5, 5.41) is 4.53. The van der Waals surface area contributed by atoms with Gasteiger partial charge >= 0.3 is 12.4 Å². The molecular weight excluding hydrogens is 340 g/mol. The average Bonchev–Trinajstić information content (AvgIpc) is 2.35. The Morgan fingerprint density at radius 3 is 2.39 bits per heavy atom. The molecule has 122 valence electrons. The number of ether oxygens (including phenoxy) is 1. The highest BCUT2D eigenvalue weighted by molar-refractivity contribution is 6.31. The van der Waals surface area contributed by atoms with Crippen molar-refractivity contribution in [2.75, 3.05) is 10.6 Å². The van der Waals surface area contributed by atoms with Crippen LogP contribution in [0.2, 0.25) is 5.02 Å². The molecule has 0 aliphatic heterocycles. The van der Waals surface area contributed by atoms with Gasteiger partial charge in [0.2, 0.25) is 0 Å². The van der Waals surface area contributed by atoms with Crippen molar-refractivity contribution in [1.82, 2.24) is 0 Å². The summed E-state index contributed by atoms with van der Waals surface area (Å²) < 4.78 is 53.3. The van der Waals surface area contributed by atoms with Crippen LogP contribution in [0.25, 0.3) is 0 Å². The van der Waals surface area contributed by atoms with E-state index in [1.54, 1.807) is 0 Å². The number of urea groups is 1. The van der Waals surface area contributed by atoms with Crippen LogP contribution >= 0.6 is 11.6 Å². The van der Waals surface area contributed by atoms with Gasteiger partial charge in [-0.15, -0.1) is 13.2 Å². The number of amides is 2. The van der Waals surface area contributed by atoms with E-state index in [0.29, 0.717) is 0 Å². The van der Waals surface area contributed by atoms with Crippen molar-refractivity contribution in [2.45, 2.75) is 6.36 Å². The summed E-state index contributed by atoms with van der Waals surface area (Å²) >= 11 is 5.67. The molecule has 2 amide bonds. The smallest absolute Gasteiger partial charge is 0.406 e. The van der Waals surface area contributed by atoms with E-state index in [9.17, 15) is 22.4 Å². The normalized spacial score (nSPS) is 11.0. The molecule has 2 aromatic rings. The van der Waals surface area contributed by atoms with Gasteiger partial charge in [0.25, 0.3) is 0 Å². The van der Waals surface area contributed by atoms with E-state index in [4.69, 9.17) is 11.6 Å². The van der Waals surface area contributed by atoms with Crippen molar-refractivity contribution >= 4 is 29.0 Å². The molecule has 0 saturated carbocycles. The molecule has 0 bridgehead atoms. The number of rotatable bonds is 3. The summed E-state index contributed by atoms with van der Waals surface area (Å²) in [4.78, 5) is 11.8. The Bertz CT molecular complexity index is 722. The number of halogens is 5. The third-order valence-corrected chi connectivity index (χ3v) is 2.66. The lowest BCUT2D eigenvalue weighted by atomic mass is 10.3. The average molecular weight is 349 g/mol. The molecule has 0 fully saturated rings. The number of benzene rings is 2. The first-order valence-electron chi connectivity index (χ1n) is 6.11. The van der Waals surface area contributed by atoms with Gasteiger partial charge in [0.05, 0.1) is 0 Å². The van der Waals surface area contributed by atoms with Crippen LogP contribution in [0.1, 0.15) is 0 Å². The van der Waals surface area contributed by atoms with Crippen molar-refractivity contribution < 1.29 is 27.1 Å². The third-order valence-electron chi connectivity index (χ3n) is 2.45. The zero-order valence-electron chi connectivity index (χ0n) is 11.2. The largest absolute Gasteiger partial charge is 0.573 e. The zero-order chi connectivity index (χ0) is 17.0. The number of hydrogen-bond acceptors (Lipinski definition) is 2. The fraction of sp³-hybridized carbons (Fsp3) is 0.0714. The zero-order valence-corrected chi connectivity index (χ0v) is 12.0. The summed E-state index contributed by atoms with van der Waals surface area (Å²) in [6, 6.07) is 7.45. The topological polar surface area (TPSA) is 50.4 Å². The molecule has 0 radical (unpaired) electrons. The van der Waals surface area contributed by atoms with Crippen molar-refractivity contribution in [3.63, 3.8) is 0 Å². The minimum Gasteiger partial charge on any atom is -0.406 e. The Morgan fingerprint density at radius 1 is 1.04 bits per heavy atom. The van der Waals surface area contributed by atoms with Crippen LogP contribution in [-0.2, 0) is 0 Å². The van der Waals surface area contributed by atoms with E-state index in [2.05, 4.69) is 15.4 Å². The first-order chi connectivity index (χ1) is 10.7. The molecule has 0 saturated heterocycles. The van der Waals surface area contributed by atoms with E-state index in [-0.39, 0.29) is 16.4 Å². The Labute approximate surface area is 133 Å². The lowest BCUT2D eigenvalue weighted by Gasteiger charge is -2.12. The molecule has 0 aromatic heterocycles. The van der Waals surface area contributed by atoms with E-state index in [1.165, 1.54) is 24.3 Å². The summed E-state index contributed by atoms with van der Waals surface area (Å²) in [7, 11) is 0. The molecule has 9 heteroatoms. The maximum absolute atomic E-state index is 13.0. The fourth-order valence-corrected chi connectivity index (χ4v) is 1.91. The van der Waals surface area contributed by atoms with Gasteiger partial charge in [-0.2, -0.15) is 0 Å². The third kappa shape index (κ3) is 5.67. The number of hydrogen-bond donors (Lipinski definition) is 2. The van der Waals surface area contributed by atoms with Gasteiger partial charge in [-0.05, 0) is 30.3 Å². The maximum atomic E-state index is 13.0. The second-order valence-corrected chi connectivity index (χ2v) is 4.75. The van der Waals surface area contributed by atoms with Crippen LogP contribution in [0, 0.1) is 5.82 Å². The maximum Gasteiger partial charge on any atom is 0.573 e. The van der Waals surface area contributed by atoms with Gasteiger partial charge in [0.1, 0.15) is 11.6 Å². The highest BCUT2D eigenvalue weighted by Crippen LogP contribution is 2.29. The number of anilines is 2. The quantitative estimate of drug-likeness (QED) is 0.765. The number of alkyl halides is 3. The molecule has 0 spiro atoms. The monoisotopic (exact) mass is 348 g/mol. The Balaban J connectivity index is 2.08. The van der Waals surface area contributed by atoms with Gasteiger partial charge in [0, 0.05) is 22.5 Å². The van der Waals surface area contributed by atoms with E-state index < -0.39 is 24.0 Å². The minimum atomic E-state index is -4.88. The molecule has 0 aliphatic rings. The van der Waals surface area contributed by atoms with Gasteiger partial charge in [0.15, 0.2) is 0 Å². The predicted molar refractivity (Wildman–Crippen MR) is 77.2 cm³/mol. The second-order valence-electron chi connectivity index (χ2n) is 4.31. The Kier molecular flexibility index (Phi) is 4.95. The molecule has 4 nitrogen and oxygen atoms in total. The molecule has 2 aromatic carbocycles. The van der Waals surface area contributed by atoms with E-state index in [1.807, 2.05) is 0 Å². The van der Waals surface area contributed by atoms with E-state index in [0.717, 1.165) is 18.2 Å². The Hall–Kier alpha value is -2.48. The first-order valence-corrected chi connectivity index (χ1v) is 6.49. The van der Waals surface area contributed by atoms with Gasteiger partial charge in [-0.25, -0.2) is 9.18 Å². The van der Waals surface area contributed by atoms with Gasteiger partial charge < -0.3 is 15.4 Å². The van der Waals surface area contributed by atoms with E-state index >= 15 is 0 Å². The number of carbonyl (C=O) groups excluding carboxylic acids is 1. The first kappa shape index (κ1) is 16.9. The SMILES string of the molecule is O=C(Nc1cccc(F)c1)Nc1cc(Cl)cc(OC(F)(F)F)c1. The Morgan fingerprint density at radius 2 is 1.74 bits per heavy atom. The lowest BCUT2D eigenvalue weighted by Crippen LogP contribution is -2.20. The summed E-state index contributed by atoms with van der Waals surface area (Å²) in [5.41, 5.74) is 0.155. The highest BCUT2D eigenvalue weighted by atomic mass is 35.5.